The van der Waals surface area contributed by atoms with Crippen LogP contribution >= 0.6 is 11.6 Å². The largest absolute Gasteiger partial charge is 0.493 e. The molecule has 1 unspecified atom stereocenters. The number of carbonyl (C=O) groups is 2. The summed E-state index contributed by atoms with van der Waals surface area (Å²) in [6, 6.07) is 16.3. The zero-order chi connectivity index (χ0) is 24.5. The van der Waals surface area contributed by atoms with Gasteiger partial charge in [0.1, 0.15) is 11.9 Å². The van der Waals surface area contributed by atoms with Crippen LogP contribution in [0.25, 0.3) is 0 Å². The van der Waals surface area contributed by atoms with E-state index in [1.54, 1.807) is 30.3 Å². The van der Waals surface area contributed by atoms with Crippen LogP contribution in [0.15, 0.2) is 60.8 Å². The maximum Gasteiger partial charge on any atom is 0.305 e. The molecule has 3 rings (SSSR count). The maximum absolute atomic E-state index is 12.9. The van der Waals surface area contributed by atoms with Crippen LogP contribution in [-0.2, 0) is 16.0 Å². The molecule has 1 aromatic heterocycles. The summed E-state index contributed by atoms with van der Waals surface area (Å²) in [6.07, 6.45) is 2.79. The van der Waals surface area contributed by atoms with Crippen molar-refractivity contribution in [2.45, 2.75) is 39.2 Å². The number of nitrogens with zero attached hydrogens (tertiary/aromatic N) is 1. The summed E-state index contributed by atoms with van der Waals surface area (Å²) in [6.45, 7) is 4.32. The van der Waals surface area contributed by atoms with Crippen LogP contribution in [0, 0.1) is 6.92 Å². The molecule has 2 aromatic carbocycles. The fraction of sp³-hybridized carbons (Fsp3) is 0.296. The number of ketones is 1. The first-order valence-electron chi connectivity index (χ1n) is 11.1. The Morgan fingerprint density at radius 2 is 1.85 bits per heavy atom. The Hall–Kier alpha value is -3.38. The molecule has 0 saturated heterocycles. The number of carbonyl (C=O) groups excluding carboxylic acids is 2. The van der Waals surface area contributed by atoms with Gasteiger partial charge < -0.3 is 14.2 Å². The van der Waals surface area contributed by atoms with E-state index in [4.69, 9.17) is 25.8 Å². The second-order valence-corrected chi connectivity index (χ2v) is 8.37. The average molecular weight is 482 g/mol. The molecule has 0 aliphatic carbocycles. The van der Waals surface area contributed by atoms with Gasteiger partial charge in [-0.2, -0.15) is 0 Å². The Labute approximate surface area is 204 Å². The smallest absolute Gasteiger partial charge is 0.305 e. The molecule has 3 aromatic rings. The topological polar surface area (TPSA) is 74.7 Å². The highest BCUT2D eigenvalue weighted by molar-refractivity contribution is 6.31. The van der Waals surface area contributed by atoms with Crippen molar-refractivity contribution >= 4 is 23.4 Å². The first-order valence-corrected chi connectivity index (χ1v) is 11.5. The number of esters is 1. The van der Waals surface area contributed by atoms with Crippen molar-refractivity contribution in [1.29, 1.82) is 0 Å². The van der Waals surface area contributed by atoms with Crippen molar-refractivity contribution in [3.8, 4) is 11.6 Å². The van der Waals surface area contributed by atoms with Crippen molar-refractivity contribution < 1.29 is 23.8 Å². The van der Waals surface area contributed by atoms with E-state index in [2.05, 4.69) is 4.98 Å². The summed E-state index contributed by atoms with van der Waals surface area (Å²) >= 11 is 6.09. The number of pyridine rings is 1. The van der Waals surface area contributed by atoms with Crippen LogP contribution in [0.1, 0.15) is 46.8 Å². The SMILES string of the molecule is COC(=O)CCc1ccc(OCCC(C)Oc2ncc(Cl)cc2C(=O)c2ccccc2)cc1C. The Morgan fingerprint density at radius 3 is 2.56 bits per heavy atom. The molecule has 0 aliphatic rings. The predicted molar refractivity (Wildman–Crippen MR) is 131 cm³/mol. The third-order valence-electron chi connectivity index (χ3n) is 5.34. The molecular weight excluding hydrogens is 454 g/mol. The van der Waals surface area contributed by atoms with E-state index in [9.17, 15) is 9.59 Å². The van der Waals surface area contributed by atoms with Gasteiger partial charge in [-0.15, -0.1) is 0 Å². The number of rotatable bonds is 11. The molecule has 0 spiro atoms. The minimum absolute atomic E-state index is 0.197. The maximum atomic E-state index is 12.9. The molecule has 1 heterocycles. The molecule has 1 atom stereocenters. The van der Waals surface area contributed by atoms with Crippen molar-refractivity contribution in [2.75, 3.05) is 13.7 Å². The van der Waals surface area contributed by atoms with E-state index in [1.165, 1.54) is 13.3 Å². The lowest BCUT2D eigenvalue weighted by Gasteiger charge is -2.17. The normalized spacial score (nSPS) is 11.5. The third-order valence-corrected chi connectivity index (χ3v) is 5.55. The zero-order valence-corrected chi connectivity index (χ0v) is 20.3. The number of ether oxygens (including phenoxy) is 3. The number of methoxy groups -OCH3 is 1. The van der Waals surface area contributed by atoms with Gasteiger partial charge in [-0.05, 0) is 49.6 Å². The quantitative estimate of drug-likeness (QED) is 0.261. The molecule has 0 saturated carbocycles. The van der Waals surface area contributed by atoms with E-state index >= 15 is 0 Å². The highest BCUT2D eigenvalue weighted by Gasteiger charge is 2.18. The van der Waals surface area contributed by atoms with E-state index in [0.717, 1.165) is 16.9 Å². The van der Waals surface area contributed by atoms with Crippen LogP contribution in [0.4, 0.5) is 0 Å². The molecule has 0 radical (unpaired) electrons. The molecule has 0 N–H and O–H groups in total. The number of halogens is 1. The summed E-state index contributed by atoms with van der Waals surface area (Å²) in [5.41, 5.74) is 3.00. The first kappa shape index (κ1) is 25.2. The van der Waals surface area contributed by atoms with Gasteiger partial charge in [0.15, 0.2) is 5.78 Å². The van der Waals surface area contributed by atoms with Gasteiger partial charge in [-0.25, -0.2) is 4.98 Å². The predicted octanol–water partition coefficient (Wildman–Crippen LogP) is 5.62. The highest BCUT2D eigenvalue weighted by atomic mass is 35.5. The molecule has 0 amide bonds. The number of aromatic nitrogens is 1. The summed E-state index contributed by atoms with van der Waals surface area (Å²) in [7, 11) is 1.39. The summed E-state index contributed by atoms with van der Waals surface area (Å²) in [4.78, 5) is 28.5. The van der Waals surface area contributed by atoms with E-state index in [-0.39, 0.29) is 23.7 Å². The fourth-order valence-electron chi connectivity index (χ4n) is 3.40. The van der Waals surface area contributed by atoms with E-state index in [1.807, 2.05) is 38.1 Å². The molecule has 34 heavy (non-hydrogen) atoms. The second kappa shape index (κ2) is 12.2. The van der Waals surface area contributed by atoms with Crippen LogP contribution in [0.3, 0.4) is 0 Å². The minimum atomic E-state index is -0.239. The molecular formula is C27H28ClNO5. The molecule has 0 fully saturated rings. The lowest BCUT2D eigenvalue weighted by Crippen LogP contribution is -2.18. The average Bonchev–Trinajstić information content (AvgIpc) is 2.84. The number of hydrogen-bond donors (Lipinski definition) is 0. The molecule has 178 valence electrons. The van der Waals surface area contributed by atoms with Gasteiger partial charge in [0.05, 0.1) is 24.3 Å². The Morgan fingerprint density at radius 1 is 1.09 bits per heavy atom. The standard InChI is InChI=1S/C27H28ClNO5/c1-18-15-23(11-9-20(18)10-12-25(30)32-3)33-14-13-19(2)34-27-24(16-22(28)17-29-27)26(31)21-7-5-4-6-8-21/h4-9,11,15-17,19H,10,12-14H2,1-3H3. The van der Waals surface area contributed by atoms with Gasteiger partial charge >= 0.3 is 5.97 Å². The van der Waals surface area contributed by atoms with Gasteiger partial charge in [-0.1, -0.05) is 48.0 Å². The Bertz CT molecular complexity index is 1130. The van der Waals surface area contributed by atoms with Gasteiger partial charge in [-0.3, -0.25) is 9.59 Å². The van der Waals surface area contributed by atoms with Gasteiger partial charge in [0.25, 0.3) is 0 Å². The summed E-state index contributed by atoms with van der Waals surface area (Å²) in [5, 5.41) is 0.369. The fourth-order valence-corrected chi connectivity index (χ4v) is 3.56. The highest BCUT2D eigenvalue weighted by Crippen LogP contribution is 2.25. The lowest BCUT2D eigenvalue weighted by atomic mass is 10.0. The summed E-state index contributed by atoms with van der Waals surface area (Å²) < 4.78 is 16.6. The van der Waals surface area contributed by atoms with Gasteiger partial charge in [0.2, 0.25) is 5.88 Å². The van der Waals surface area contributed by atoms with E-state index in [0.29, 0.717) is 42.0 Å². The van der Waals surface area contributed by atoms with Crippen molar-refractivity contribution in [3.05, 3.63) is 88.1 Å². The molecule has 0 bridgehead atoms. The molecule has 7 heteroatoms. The second-order valence-electron chi connectivity index (χ2n) is 7.93. The van der Waals surface area contributed by atoms with Crippen molar-refractivity contribution in [2.24, 2.45) is 0 Å². The Kier molecular flexibility index (Phi) is 9.05. The molecule has 0 aliphatic heterocycles. The van der Waals surface area contributed by atoms with Crippen LogP contribution in [0.5, 0.6) is 11.6 Å². The zero-order valence-electron chi connectivity index (χ0n) is 19.5. The van der Waals surface area contributed by atoms with E-state index < -0.39 is 0 Å². The number of benzene rings is 2. The number of aryl methyl sites for hydroxylation is 2. The lowest BCUT2D eigenvalue weighted by molar-refractivity contribution is -0.140. The molecule has 6 nitrogen and oxygen atoms in total. The van der Waals surface area contributed by atoms with Crippen LogP contribution < -0.4 is 9.47 Å². The third kappa shape index (κ3) is 7.06. The monoisotopic (exact) mass is 481 g/mol. The van der Waals surface area contributed by atoms with Gasteiger partial charge in [0, 0.05) is 24.6 Å². The van der Waals surface area contributed by atoms with Crippen LogP contribution in [0.2, 0.25) is 5.02 Å². The number of hydrogen-bond acceptors (Lipinski definition) is 6. The van der Waals surface area contributed by atoms with Crippen molar-refractivity contribution in [1.82, 2.24) is 4.98 Å². The first-order chi connectivity index (χ1) is 16.4. The van der Waals surface area contributed by atoms with Crippen molar-refractivity contribution in [3.63, 3.8) is 0 Å². The van der Waals surface area contributed by atoms with Crippen LogP contribution in [-0.4, -0.2) is 36.6 Å². The Balaban J connectivity index is 1.57. The minimum Gasteiger partial charge on any atom is -0.493 e. The summed E-state index contributed by atoms with van der Waals surface area (Å²) in [5.74, 6) is 0.571.